The van der Waals surface area contributed by atoms with Crippen LogP contribution in [0.25, 0.3) is 10.4 Å². The van der Waals surface area contributed by atoms with E-state index in [2.05, 4.69) is 26.3 Å². The Morgan fingerprint density at radius 2 is 1.60 bits per heavy atom. The fourth-order valence-electron chi connectivity index (χ4n) is 8.38. The molecule has 2 aliphatic heterocycles. The number of carboxylic acid groups (broad SMARTS) is 1. The summed E-state index contributed by atoms with van der Waals surface area (Å²) >= 11 is 1.53. The van der Waals surface area contributed by atoms with E-state index in [4.69, 9.17) is 19.9 Å². The molecular formula is C48H63N9O12S. The van der Waals surface area contributed by atoms with Crippen LogP contribution in [-0.4, -0.2) is 143 Å². The smallest absolute Gasteiger partial charge is 0.480 e. The van der Waals surface area contributed by atoms with Gasteiger partial charge in [-0.25, -0.2) is 19.4 Å². The van der Waals surface area contributed by atoms with Crippen LogP contribution in [0.3, 0.4) is 0 Å². The molecule has 1 aliphatic carbocycles. The summed E-state index contributed by atoms with van der Waals surface area (Å²) in [6.45, 7) is 10.6. The van der Waals surface area contributed by atoms with Gasteiger partial charge in [0, 0.05) is 50.4 Å². The average Bonchev–Trinajstić information content (AvgIpc) is 3.92. The number of likely N-dealkylation sites (tertiary alicyclic amines) is 1. The van der Waals surface area contributed by atoms with Gasteiger partial charge < -0.3 is 56.1 Å². The molecule has 1 aromatic heterocycles. The van der Waals surface area contributed by atoms with Crippen molar-refractivity contribution in [2.75, 3.05) is 51.6 Å². The molecule has 0 spiro atoms. The quantitative estimate of drug-likeness (QED) is 0.0619. The zero-order valence-electron chi connectivity index (χ0n) is 40.3. The predicted octanol–water partition coefficient (Wildman–Crippen LogP) is 4.47. The molecule has 3 heterocycles. The summed E-state index contributed by atoms with van der Waals surface area (Å²) in [7, 11) is 1.92. The summed E-state index contributed by atoms with van der Waals surface area (Å²) in [6.07, 6.45) is -3.57. The number of rotatable bonds is 17. The molecule has 22 heteroatoms. The number of likely N-dealkylation sites (N-methyl/N-ethyl adjacent to an activating group) is 1. The monoisotopic (exact) mass is 989 g/mol. The van der Waals surface area contributed by atoms with E-state index < -0.39 is 89.2 Å². The summed E-state index contributed by atoms with van der Waals surface area (Å²) in [5.41, 5.74) is 7.62. The molecule has 2 aromatic carbocycles. The number of thiazole rings is 1. The molecule has 2 saturated heterocycles. The van der Waals surface area contributed by atoms with Gasteiger partial charge in [-0.05, 0) is 90.6 Å². The molecule has 7 amide bonds. The lowest BCUT2D eigenvalue weighted by Gasteiger charge is -2.37. The van der Waals surface area contributed by atoms with Gasteiger partial charge >= 0.3 is 24.2 Å². The zero-order chi connectivity index (χ0) is 50.9. The van der Waals surface area contributed by atoms with Crippen LogP contribution in [0, 0.1) is 12.3 Å². The van der Waals surface area contributed by atoms with Gasteiger partial charge in [0.05, 0.1) is 28.7 Å². The molecule has 1 unspecified atom stereocenters. The number of nitrogens with two attached hydrogens (primary N) is 1. The van der Waals surface area contributed by atoms with Crippen LogP contribution in [0.5, 0.6) is 0 Å². The number of amides is 7. The van der Waals surface area contributed by atoms with Crippen LogP contribution in [0.1, 0.15) is 95.2 Å². The van der Waals surface area contributed by atoms with Crippen molar-refractivity contribution in [3.8, 4) is 10.4 Å². The van der Waals surface area contributed by atoms with E-state index in [1.54, 1.807) is 31.2 Å². The average molecular weight is 990 g/mol. The SMILES string of the molecule is Cc1ncsc1-c1ccc([C@H](C)NC(=O)[C@@H]2C[C@@H](OC(=O)OC(C(=O)N3CCN(C)CC3)c3ccc(NC(=O)[C@H](CCCNC(N)=O)NC(=O)C4(C(=O)O)CCC4)cc3)CN2C(=O)OC(C)(C)C)cc1. The molecule has 21 nitrogen and oxygen atoms in total. The number of carbonyl (C=O) groups is 8. The molecular weight excluding hydrogens is 927 g/mol. The van der Waals surface area contributed by atoms with Gasteiger partial charge in [0.2, 0.25) is 23.8 Å². The van der Waals surface area contributed by atoms with E-state index in [0.717, 1.165) is 21.7 Å². The summed E-state index contributed by atoms with van der Waals surface area (Å²) in [5, 5.41) is 20.5. The number of aryl methyl sites for hydroxylation is 1. The molecule has 7 N–H and O–H groups in total. The Morgan fingerprint density at radius 1 is 0.943 bits per heavy atom. The molecule has 1 saturated carbocycles. The summed E-state index contributed by atoms with van der Waals surface area (Å²) < 4.78 is 17.2. The highest BCUT2D eigenvalue weighted by atomic mass is 32.1. The van der Waals surface area contributed by atoms with Crippen molar-refractivity contribution in [1.29, 1.82) is 0 Å². The van der Waals surface area contributed by atoms with E-state index in [1.165, 1.54) is 40.5 Å². The normalized spacial score (nSPS) is 19.1. The van der Waals surface area contributed by atoms with Crippen molar-refractivity contribution in [3.05, 3.63) is 70.9 Å². The van der Waals surface area contributed by atoms with E-state index in [-0.39, 0.29) is 56.4 Å². The minimum absolute atomic E-state index is 0.0351. The Bertz CT molecular complexity index is 2400. The molecule has 0 bridgehead atoms. The maximum Gasteiger partial charge on any atom is 0.509 e. The number of aromatic nitrogens is 1. The van der Waals surface area contributed by atoms with Crippen molar-refractivity contribution in [2.24, 2.45) is 11.1 Å². The third-order valence-electron chi connectivity index (χ3n) is 12.6. The van der Waals surface area contributed by atoms with E-state index >= 15 is 0 Å². The van der Waals surface area contributed by atoms with Crippen molar-refractivity contribution >= 4 is 64.9 Å². The Morgan fingerprint density at radius 3 is 2.17 bits per heavy atom. The maximum absolute atomic E-state index is 14.2. The molecule has 0 radical (unpaired) electrons. The van der Waals surface area contributed by atoms with Crippen molar-refractivity contribution < 1.29 is 57.7 Å². The lowest BCUT2D eigenvalue weighted by Crippen LogP contribution is -2.55. The molecule has 6 rings (SSSR count). The van der Waals surface area contributed by atoms with E-state index in [0.29, 0.717) is 32.6 Å². The van der Waals surface area contributed by atoms with Crippen LogP contribution in [-0.2, 0) is 38.2 Å². The number of hydrogen-bond donors (Lipinski definition) is 6. The highest BCUT2D eigenvalue weighted by Crippen LogP contribution is 2.41. The first-order chi connectivity index (χ1) is 33.1. The fourth-order valence-corrected chi connectivity index (χ4v) is 9.20. The number of ether oxygens (including phenoxy) is 3. The topological polar surface area (TPSA) is 281 Å². The zero-order valence-corrected chi connectivity index (χ0v) is 41.1. The maximum atomic E-state index is 14.2. The number of urea groups is 1. The third-order valence-corrected chi connectivity index (χ3v) is 13.6. The number of carbonyl (C=O) groups excluding carboxylic acids is 7. The molecule has 3 aliphatic rings. The second-order valence-corrected chi connectivity index (χ2v) is 19.8. The van der Waals surface area contributed by atoms with Gasteiger partial charge in [-0.15, -0.1) is 11.3 Å². The minimum Gasteiger partial charge on any atom is -0.480 e. The molecule has 378 valence electrons. The lowest BCUT2D eigenvalue weighted by molar-refractivity contribution is -0.162. The number of primary amides is 1. The highest BCUT2D eigenvalue weighted by molar-refractivity contribution is 7.13. The van der Waals surface area contributed by atoms with Crippen molar-refractivity contribution in [3.63, 3.8) is 0 Å². The van der Waals surface area contributed by atoms with Crippen LogP contribution >= 0.6 is 11.3 Å². The Balaban J connectivity index is 1.15. The van der Waals surface area contributed by atoms with Gasteiger partial charge in [0.15, 0.2) is 0 Å². The number of carboxylic acids is 1. The first kappa shape index (κ1) is 52.6. The van der Waals surface area contributed by atoms with Gasteiger partial charge in [0.1, 0.15) is 29.2 Å². The fraction of sp³-hybridized carbons (Fsp3) is 0.521. The van der Waals surface area contributed by atoms with Gasteiger partial charge in [-0.1, -0.05) is 42.8 Å². The number of piperazine rings is 1. The molecule has 70 heavy (non-hydrogen) atoms. The lowest BCUT2D eigenvalue weighted by atomic mass is 9.68. The Hall–Kier alpha value is -6.81. The second kappa shape index (κ2) is 22.7. The molecule has 3 fully saturated rings. The first-order valence-electron chi connectivity index (χ1n) is 23.3. The number of hydrogen-bond acceptors (Lipinski definition) is 14. The standard InChI is InChI=1S/C48H63N9O12S/c1-28(30-10-12-32(13-11-30)38-29(2)51-27-70-38)52-40(59)36-25-34(26-57(36)45(65)69-47(3,4)5)67-46(66)68-37(41(60)56-23-21-55(6)22-24-56)31-14-16-33(17-15-31)53-39(58)35(9-7-20-50-44(49)64)54-42(61)48(43(62)63)18-8-19-48/h10-17,27-28,34-37H,7-9,18-26H2,1-6H3,(H,52,59)(H,53,58)(H,54,61)(H,62,63)(H3,49,50,64)/t28-,34+,35-,36-,37?/m0/s1. The summed E-state index contributed by atoms with van der Waals surface area (Å²) in [5.74, 6) is -3.76. The summed E-state index contributed by atoms with van der Waals surface area (Å²) in [6, 6.07) is 10.1. The van der Waals surface area contributed by atoms with E-state index in [9.17, 15) is 43.5 Å². The predicted molar refractivity (Wildman–Crippen MR) is 256 cm³/mol. The number of nitrogens with one attached hydrogen (secondary N) is 4. The Kier molecular flexibility index (Phi) is 17.1. The van der Waals surface area contributed by atoms with Crippen LogP contribution in [0.2, 0.25) is 0 Å². The van der Waals surface area contributed by atoms with Crippen LogP contribution in [0.4, 0.5) is 20.1 Å². The molecule has 3 aromatic rings. The first-order valence-corrected chi connectivity index (χ1v) is 24.2. The third kappa shape index (κ3) is 13.3. The van der Waals surface area contributed by atoms with E-state index in [1.807, 2.05) is 50.1 Å². The summed E-state index contributed by atoms with van der Waals surface area (Å²) in [4.78, 5) is 116. The number of nitrogens with zero attached hydrogens (tertiary/aromatic N) is 4. The number of benzene rings is 2. The van der Waals surface area contributed by atoms with Crippen LogP contribution < -0.4 is 27.0 Å². The van der Waals surface area contributed by atoms with Gasteiger partial charge in [-0.3, -0.25) is 28.9 Å². The largest absolute Gasteiger partial charge is 0.509 e. The number of anilines is 1. The minimum atomic E-state index is -1.64. The number of aliphatic carboxylic acids is 1. The Labute approximate surface area is 410 Å². The van der Waals surface area contributed by atoms with Gasteiger partial charge in [0.25, 0.3) is 5.91 Å². The van der Waals surface area contributed by atoms with Gasteiger partial charge in [-0.2, -0.15) is 0 Å². The second-order valence-electron chi connectivity index (χ2n) is 18.9. The highest BCUT2D eigenvalue weighted by Gasteiger charge is 2.52. The van der Waals surface area contributed by atoms with Crippen molar-refractivity contribution in [1.82, 2.24) is 35.6 Å². The van der Waals surface area contributed by atoms with Crippen LogP contribution in [0.15, 0.2) is 54.0 Å². The molecule has 5 atom stereocenters. The van der Waals surface area contributed by atoms with Crippen molar-refractivity contribution in [2.45, 2.75) is 109 Å².